The molecule has 1 N–H and O–H groups in total. The highest BCUT2D eigenvalue weighted by molar-refractivity contribution is 6.56. The zero-order valence-corrected chi connectivity index (χ0v) is 15.9. The van der Waals surface area contributed by atoms with Crippen LogP contribution in [0.5, 0.6) is 5.75 Å². The highest BCUT2D eigenvalue weighted by atomic mass is 19.4. The number of rotatable bonds is 5. The molecular weight excluding hydrogens is 362 g/mol. The number of amides is 1. The number of alkyl halides is 3. The topological polar surface area (TPSA) is 56.8 Å². The van der Waals surface area contributed by atoms with E-state index in [0.29, 0.717) is 11.0 Å². The van der Waals surface area contributed by atoms with Gasteiger partial charge in [0.1, 0.15) is 5.75 Å². The summed E-state index contributed by atoms with van der Waals surface area (Å²) in [5.41, 5.74) is 0.155. The number of carbonyl (C=O) groups is 1. The molecule has 0 aliphatic carbocycles. The Morgan fingerprint density at radius 1 is 1.15 bits per heavy atom. The van der Waals surface area contributed by atoms with Crippen molar-refractivity contribution in [1.29, 1.82) is 0 Å². The summed E-state index contributed by atoms with van der Waals surface area (Å²) < 4.78 is 52.7. The van der Waals surface area contributed by atoms with E-state index in [0.717, 1.165) is 0 Å². The average molecular weight is 385 g/mol. The molecular formula is C18H23BF3NO4. The Kier molecular flexibility index (Phi) is 5.96. The second-order valence-electron chi connectivity index (χ2n) is 7.33. The highest BCUT2D eigenvalue weighted by Gasteiger charge is 2.52. The van der Waals surface area contributed by atoms with Crippen molar-refractivity contribution in [3.63, 3.8) is 0 Å². The lowest BCUT2D eigenvalue weighted by Crippen LogP contribution is -2.41. The van der Waals surface area contributed by atoms with E-state index >= 15 is 0 Å². The molecule has 1 amide bonds. The van der Waals surface area contributed by atoms with E-state index < -0.39 is 24.7 Å². The first-order chi connectivity index (χ1) is 12.3. The summed E-state index contributed by atoms with van der Waals surface area (Å²) in [6, 6.07) is 5.42. The van der Waals surface area contributed by atoms with E-state index in [9.17, 15) is 18.0 Å². The van der Waals surface area contributed by atoms with Crippen LogP contribution in [0.3, 0.4) is 0 Å². The van der Waals surface area contributed by atoms with Crippen molar-refractivity contribution in [2.75, 3.05) is 6.54 Å². The van der Waals surface area contributed by atoms with E-state index in [4.69, 9.17) is 9.31 Å². The van der Waals surface area contributed by atoms with Gasteiger partial charge in [-0.3, -0.25) is 4.79 Å². The number of hydrogen-bond donors (Lipinski definition) is 1. The summed E-state index contributed by atoms with van der Waals surface area (Å²) in [6.07, 6.45) is -3.02. The molecule has 148 valence electrons. The Balaban J connectivity index is 2.25. The molecule has 1 fully saturated rings. The number of hydrogen-bond acceptors (Lipinski definition) is 4. The van der Waals surface area contributed by atoms with Crippen molar-refractivity contribution < 1.29 is 32.0 Å². The molecule has 0 bridgehead atoms. The summed E-state index contributed by atoms with van der Waals surface area (Å²) >= 11 is 0. The van der Waals surface area contributed by atoms with Gasteiger partial charge >= 0.3 is 13.5 Å². The van der Waals surface area contributed by atoms with Gasteiger partial charge in [-0.1, -0.05) is 18.2 Å². The molecule has 0 saturated carbocycles. The largest absolute Gasteiger partial charge is 0.573 e. The van der Waals surface area contributed by atoms with Crippen LogP contribution in [0.1, 0.15) is 40.2 Å². The number of nitrogens with one attached hydrogen (secondary N) is 1. The molecule has 0 atom stereocenters. The zero-order chi connectivity index (χ0) is 20.5. The Morgan fingerprint density at radius 3 is 2.11 bits per heavy atom. The molecule has 1 saturated heterocycles. The summed E-state index contributed by atoms with van der Waals surface area (Å²) in [7, 11) is -0.687. The monoisotopic (exact) mass is 385 g/mol. The standard InChI is InChI=1S/C18H23BF3NO4/c1-12(24)23-11-14(19-26-16(2,3)17(4,5)27-19)10-13-6-8-15(9-7-13)25-18(20,21)22/h6-10H,11H2,1-5H3,(H,23,24). The van der Waals surface area contributed by atoms with Gasteiger partial charge in [0, 0.05) is 13.5 Å². The molecule has 0 radical (unpaired) electrons. The minimum atomic E-state index is -4.74. The molecule has 1 heterocycles. The average Bonchev–Trinajstić information content (AvgIpc) is 2.71. The molecule has 5 nitrogen and oxygen atoms in total. The van der Waals surface area contributed by atoms with E-state index in [-0.39, 0.29) is 18.2 Å². The van der Waals surface area contributed by atoms with Crippen molar-refractivity contribution in [2.45, 2.75) is 52.2 Å². The summed E-state index contributed by atoms with van der Waals surface area (Å²) in [4.78, 5) is 11.3. The van der Waals surface area contributed by atoms with Crippen LogP contribution in [0.2, 0.25) is 0 Å². The maximum Gasteiger partial charge on any atom is 0.573 e. The van der Waals surface area contributed by atoms with Crippen molar-refractivity contribution in [3.8, 4) is 5.75 Å². The van der Waals surface area contributed by atoms with Crippen LogP contribution in [0.15, 0.2) is 29.7 Å². The van der Waals surface area contributed by atoms with E-state index in [2.05, 4.69) is 10.1 Å². The van der Waals surface area contributed by atoms with Gasteiger partial charge in [-0.15, -0.1) is 13.2 Å². The lowest BCUT2D eigenvalue weighted by molar-refractivity contribution is -0.274. The second kappa shape index (κ2) is 7.56. The molecule has 1 aromatic carbocycles. The first-order valence-electron chi connectivity index (χ1n) is 8.45. The van der Waals surface area contributed by atoms with E-state index in [1.54, 1.807) is 6.08 Å². The number of halogens is 3. The molecule has 27 heavy (non-hydrogen) atoms. The Bertz CT molecular complexity index is 698. The Hall–Kier alpha value is -2.00. The van der Waals surface area contributed by atoms with Crippen LogP contribution in [0.4, 0.5) is 13.2 Å². The SMILES string of the molecule is CC(=O)NCC(=Cc1ccc(OC(F)(F)F)cc1)B1OC(C)(C)C(C)(C)O1. The van der Waals surface area contributed by atoms with Gasteiger partial charge in [-0.2, -0.15) is 0 Å². The third kappa shape index (κ3) is 5.74. The number of carbonyl (C=O) groups excluding carboxylic acids is 1. The maximum absolute atomic E-state index is 12.3. The molecule has 9 heteroatoms. The van der Waals surface area contributed by atoms with Crippen LogP contribution in [0.25, 0.3) is 6.08 Å². The molecule has 0 spiro atoms. The van der Waals surface area contributed by atoms with Crippen LogP contribution in [-0.4, -0.2) is 37.1 Å². The normalized spacial score (nSPS) is 19.1. The first-order valence-corrected chi connectivity index (χ1v) is 8.45. The van der Waals surface area contributed by atoms with Gasteiger partial charge in [-0.25, -0.2) is 0 Å². The second-order valence-corrected chi connectivity index (χ2v) is 7.33. The number of benzene rings is 1. The van der Waals surface area contributed by atoms with Crippen molar-refractivity contribution >= 4 is 19.1 Å². The maximum atomic E-state index is 12.3. The summed E-state index contributed by atoms with van der Waals surface area (Å²) in [5, 5.41) is 2.70. The fraction of sp³-hybridized carbons (Fsp3) is 0.500. The van der Waals surface area contributed by atoms with Gasteiger partial charge < -0.3 is 19.4 Å². The molecule has 1 aromatic rings. The quantitative estimate of drug-likeness (QED) is 0.785. The zero-order valence-electron chi connectivity index (χ0n) is 15.9. The van der Waals surface area contributed by atoms with Crippen LogP contribution in [0, 0.1) is 0 Å². The number of ether oxygens (including phenoxy) is 1. The van der Waals surface area contributed by atoms with Gasteiger partial charge in [0.15, 0.2) is 0 Å². The smallest absolute Gasteiger partial charge is 0.406 e. The highest BCUT2D eigenvalue weighted by Crippen LogP contribution is 2.38. The predicted octanol–water partition coefficient (Wildman–Crippen LogP) is 3.74. The lowest BCUT2D eigenvalue weighted by Gasteiger charge is -2.32. The van der Waals surface area contributed by atoms with Gasteiger partial charge in [0.2, 0.25) is 5.91 Å². The van der Waals surface area contributed by atoms with Gasteiger partial charge in [0.25, 0.3) is 0 Å². The van der Waals surface area contributed by atoms with Crippen LogP contribution < -0.4 is 10.1 Å². The first kappa shape index (κ1) is 21.3. The van der Waals surface area contributed by atoms with Crippen LogP contribution in [-0.2, 0) is 14.1 Å². The summed E-state index contributed by atoms with van der Waals surface area (Å²) in [6.45, 7) is 9.22. The van der Waals surface area contributed by atoms with Gasteiger partial charge in [0.05, 0.1) is 11.2 Å². The fourth-order valence-corrected chi connectivity index (χ4v) is 2.40. The predicted molar refractivity (Wildman–Crippen MR) is 95.9 cm³/mol. The molecule has 0 unspecified atom stereocenters. The third-order valence-electron chi connectivity index (χ3n) is 4.56. The van der Waals surface area contributed by atoms with E-state index in [1.165, 1.54) is 31.2 Å². The van der Waals surface area contributed by atoms with Gasteiger partial charge in [-0.05, 0) is 50.9 Å². The molecule has 1 aliphatic heterocycles. The molecule has 0 aromatic heterocycles. The fourth-order valence-electron chi connectivity index (χ4n) is 2.40. The molecule has 2 rings (SSSR count). The minimum absolute atomic E-state index is 0.187. The Labute approximate surface area is 157 Å². The molecule has 1 aliphatic rings. The third-order valence-corrected chi connectivity index (χ3v) is 4.56. The van der Waals surface area contributed by atoms with E-state index in [1.807, 2.05) is 27.7 Å². The van der Waals surface area contributed by atoms with Crippen molar-refractivity contribution in [2.24, 2.45) is 0 Å². The van der Waals surface area contributed by atoms with Crippen LogP contribution >= 0.6 is 0 Å². The van der Waals surface area contributed by atoms with Crippen molar-refractivity contribution in [1.82, 2.24) is 5.32 Å². The van der Waals surface area contributed by atoms with Crippen molar-refractivity contribution in [3.05, 3.63) is 35.3 Å². The Morgan fingerprint density at radius 2 is 1.67 bits per heavy atom. The minimum Gasteiger partial charge on any atom is -0.406 e. The lowest BCUT2D eigenvalue weighted by atomic mass is 9.77. The summed E-state index contributed by atoms with van der Waals surface area (Å²) in [5.74, 6) is -0.523.